The van der Waals surface area contributed by atoms with Crippen molar-refractivity contribution in [2.45, 2.75) is 33.2 Å². The zero-order chi connectivity index (χ0) is 17.8. The van der Waals surface area contributed by atoms with Gasteiger partial charge in [-0.2, -0.15) is 0 Å². The van der Waals surface area contributed by atoms with Crippen molar-refractivity contribution in [3.63, 3.8) is 0 Å². The molecule has 3 heterocycles. The van der Waals surface area contributed by atoms with E-state index in [1.54, 1.807) is 0 Å². The van der Waals surface area contributed by atoms with Crippen molar-refractivity contribution in [1.29, 1.82) is 0 Å². The van der Waals surface area contributed by atoms with Crippen LogP contribution in [0, 0.1) is 19.3 Å². The molecule has 130 valence electrons. The smallest absolute Gasteiger partial charge is 0.336 e. The maximum absolute atomic E-state index is 12.1. The second-order valence-corrected chi connectivity index (χ2v) is 7.34. The van der Waals surface area contributed by atoms with Gasteiger partial charge in [0.1, 0.15) is 5.58 Å². The summed E-state index contributed by atoms with van der Waals surface area (Å²) in [5.74, 6) is -0.354. The van der Waals surface area contributed by atoms with Crippen molar-refractivity contribution in [3.8, 4) is 0 Å². The van der Waals surface area contributed by atoms with E-state index < -0.39 is 5.41 Å². The number of imide groups is 1. The van der Waals surface area contributed by atoms with E-state index in [0.29, 0.717) is 25.1 Å². The quantitative estimate of drug-likeness (QED) is 0.664. The SMILES string of the molecule is Cc1cc(C)c2oc(=O)cc(CN3CCC4(CC(=O)NC4=O)C3)c2c1. The lowest BCUT2D eigenvalue weighted by Crippen LogP contribution is -2.34. The molecule has 1 unspecified atom stereocenters. The topological polar surface area (TPSA) is 79.6 Å². The van der Waals surface area contributed by atoms with Crippen molar-refractivity contribution >= 4 is 22.8 Å². The Morgan fingerprint density at radius 2 is 2.00 bits per heavy atom. The fraction of sp³-hybridized carbons (Fsp3) is 0.421. The Labute approximate surface area is 144 Å². The van der Waals surface area contributed by atoms with Crippen LogP contribution in [0.3, 0.4) is 0 Å². The van der Waals surface area contributed by atoms with E-state index in [1.807, 2.05) is 26.0 Å². The third-order valence-corrected chi connectivity index (χ3v) is 5.32. The molecule has 1 spiro atoms. The number of fused-ring (bicyclic) bond motifs is 1. The summed E-state index contributed by atoms with van der Waals surface area (Å²) in [6.45, 7) is 5.78. The zero-order valence-electron chi connectivity index (χ0n) is 14.3. The van der Waals surface area contributed by atoms with Gasteiger partial charge < -0.3 is 4.42 Å². The standard InChI is InChI=1S/C19H20N2O4/c1-11-5-12(2)17-14(6-11)13(7-16(23)25-17)9-21-4-3-19(10-21)8-15(22)20-18(19)24/h5-7H,3-4,8-10H2,1-2H3,(H,20,22,24). The fourth-order valence-electron chi connectivity index (χ4n) is 4.16. The van der Waals surface area contributed by atoms with Crippen LogP contribution in [0.5, 0.6) is 0 Å². The van der Waals surface area contributed by atoms with E-state index in [1.165, 1.54) is 6.07 Å². The van der Waals surface area contributed by atoms with Crippen LogP contribution in [0.1, 0.15) is 29.5 Å². The van der Waals surface area contributed by atoms with Crippen LogP contribution < -0.4 is 10.9 Å². The minimum absolute atomic E-state index is 0.163. The largest absolute Gasteiger partial charge is 0.422 e. The summed E-state index contributed by atoms with van der Waals surface area (Å²) < 4.78 is 5.39. The maximum Gasteiger partial charge on any atom is 0.336 e. The van der Waals surface area contributed by atoms with Crippen LogP contribution in [-0.4, -0.2) is 29.8 Å². The van der Waals surface area contributed by atoms with Gasteiger partial charge >= 0.3 is 5.63 Å². The number of hydrogen-bond donors (Lipinski definition) is 1. The molecular weight excluding hydrogens is 320 g/mol. The number of nitrogens with zero attached hydrogens (tertiary/aromatic N) is 1. The molecule has 0 radical (unpaired) electrons. The number of nitrogens with one attached hydrogen (secondary N) is 1. The molecule has 2 saturated heterocycles. The third kappa shape index (κ3) is 2.66. The molecule has 6 nitrogen and oxygen atoms in total. The van der Waals surface area contributed by atoms with Crippen LogP contribution >= 0.6 is 0 Å². The van der Waals surface area contributed by atoms with Gasteiger partial charge in [0.2, 0.25) is 11.8 Å². The van der Waals surface area contributed by atoms with E-state index in [2.05, 4.69) is 10.2 Å². The normalized spacial score (nSPS) is 23.8. The molecule has 0 bridgehead atoms. The van der Waals surface area contributed by atoms with E-state index in [0.717, 1.165) is 28.6 Å². The molecule has 0 aliphatic carbocycles. The highest BCUT2D eigenvalue weighted by Gasteiger charge is 2.50. The molecule has 1 aromatic carbocycles. The van der Waals surface area contributed by atoms with Crippen LogP contribution in [0.2, 0.25) is 0 Å². The molecule has 1 N–H and O–H groups in total. The van der Waals surface area contributed by atoms with Crippen LogP contribution in [-0.2, 0) is 16.1 Å². The van der Waals surface area contributed by atoms with Crippen LogP contribution in [0.25, 0.3) is 11.0 Å². The van der Waals surface area contributed by atoms with Gasteiger partial charge in [-0.25, -0.2) is 4.79 Å². The third-order valence-electron chi connectivity index (χ3n) is 5.32. The molecule has 6 heteroatoms. The molecule has 1 aromatic heterocycles. The lowest BCUT2D eigenvalue weighted by molar-refractivity contribution is -0.128. The Hall–Kier alpha value is -2.47. The number of benzene rings is 1. The highest BCUT2D eigenvalue weighted by Crippen LogP contribution is 2.38. The molecule has 0 saturated carbocycles. The molecule has 1 atom stereocenters. The van der Waals surface area contributed by atoms with Crippen molar-refractivity contribution in [3.05, 3.63) is 45.3 Å². The Morgan fingerprint density at radius 3 is 2.72 bits per heavy atom. The Morgan fingerprint density at radius 1 is 1.20 bits per heavy atom. The minimum atomic E-state index is -0.599. The van der Waals surface area contributed by atoms with Gasteiger partial charge in [-0.3, -0.25) is 19.8 Å². The number of carbonyl (C=O) groups is 2. The second kappa shape index (κ2) is 5.52. The number of aryl methyl sites for hydroxylation is 2. The summed E-state index contributed by atoms with van der Waals surface area (Å²) in [5, 5.41) is 3.35. The monoisotopic (exact) mass is 340 g/mol. The average Bonchev–Trinajstić information content (AvgIpc) is 3.04. The van der Waals surface area contributed by atoms with Crippen LogP contribution in [0.4, 0.5) is 0 Å². The van der Waals surface area contributed by atoms with Crippen molar-refractivity contribution in [2.24, 2.45) is 5.41 Å². The fourth-order valence-corrected chi connectivity index (χ4v) is 4.16. The van der Waals surface area contributed by atoms with Crippen LogP contribution in [0.15, 0.2) is 27.4 Å². The molecular formula is C19H20N2O4. The van der Waals surface area contributed by atoms with E-state index in [4.69, 9.17) is 4.42 Å². The van der Waals surface area contributed by atoms with E-state index in [-0.39, 0.29) is 23.9 Å². The maximum atomic E-state index is 12.1. The van der Waals surface area contributed by atoms with Crippen molar-refractivity contribution < 1.29 is 14.0 Å². The number of hydrogen-bond acceptors (Lipinski definition) is 5. The first-order valence-electron chi connectivity index (χ1n) is 8.47. The summed E-state index contributed by atoms with van der Waals surface area (Å²) in [6.07, 6.45) is 0.931. The predicted octanol–water partition coefficient (Wildman–Crippen LogP) is 1.65. The Kier molecular flexibility index (Phi) is 3.54. The minimum Gasteiger partial charge on any atom is -0.422 e. The summed E-state index contributed by atoms with van der Waals surface area (Å²) >= 11 is 0. The highest BCUT2D eigenvalue weighted by molar-refractivity contribution is 6.06. The van der Waals surface area contributed by atoms with E-state index >= 15 is 0 Å². The predicted molar refractivity (Wildman–Crippen MR) is 92.1 cm³/mol. The van der Waals surface area contributed by atoms with Crippen molar-refractivity contribution in [1.82, 2.24) is 10.2 Å². The van der Waals surface area contributed by atoms with Gasteiger partial charge in [-0.15, -0.1) is 0 Å². The lowest BCUT2D eigenvalue weighted by atomic mass is 9.85. The summed E-state index contributed by atoms with van der Waals surface area (Å²) in [5.41, 5.74) is 2.61. The first-order valence-corrected chi connectivity index (χ1v) is 8.47. The van der Waals surface area contributed by atoms with Gasteiger partial charge in [0.15, 0.2) is 0 Å². The molecule has 4 rings (SSSR count). The lowest BCUT2D eigenvalue weighted by Gasteiger charge is -2.21. The summed E-state index contributed by atoms with van der Waals surface area (Å²) in [4.78, 5) is 37.8. The highest BCUT2D eigenvalue weighted by atomic mass is 16.4. The Bertz CT molecular complexity index is 962. The number of carbonyl (C=O) groups excluding carboxylic acids is 2. The molecule has 2 aliphatic rings. The number of rotatable bonds is 2. The Balaban J connectivity index is 1.67. The van der Waals surface area contributed by atoms with Gasteiger partial charge in [-0.05, 0) is 49.6 Å². The first-order chi connectivity index (χ1) is 11.9. The summed E-state index contributed by atoms with van der Waals surface area (Å²) in [6, 6.07) is 5.55. The molecule has 25 heavy (non-hydrogen) atoms. The van der Waals surface area contributed by atoms with Gasteiger partial charge in [0.25, 0.3) is 0 Å². The molecule has 2 fully saturated rings. The average molecular weight is 340 g/mol. The van der Waals surface area contributed by atoms with E-state index in [9.17, 15) is 14.4 Å². The molecule has 2 aromatic rings. The van der Waals surface area contributed by atoms with Crippen molar-refractivity contribution in [2.75, 3.05) is 13.1 Å². The zero-order valence-corrected chi connectivity index (χ0v) is 14.3. The number of likely N-dealkylation sites (tertiary alicyclic amines) is 1. The van der Waals surface area contributed by atoms with Gasteiger partial charge in [-0.1, -0.05) is 6.07 Å². The second-order valence-electron chi connectivity index (χ2n) is 7.34. The molecule has 2 amide bonds. The first kappa shape index (κ1) is 16.0. The van der Waals surface area contributed by atoms with Gasteiger partial charge in [0.05, 0.1) is 5.41 Å². The number of amides is 2. The molecule has 2 aliphatic heterocycles. The van der Waals surface area contributed by atoms with Gasteiger partial charge in [0, 0.05) is 31.0 Å². The summed E-state index contributed by atoms with van der Waals surface area (Å²) in [7, 11) is 0.